The second-order valence-electron chi connectivity index (χ2n) is 5.45. The maximum atomic E-state index is 12.4. The van der Waals surface area contributed by atoms with Crippen LogP contribution in [0.5, 0.6) is 0 Å². The minimum Gasteiger partial charge on any atom is -0.343 e. The van der Waals surface area contributed by atoms with E-state index in [-0.39, 0.29) is 17.2 Å². The summed E-state index contributed by atoms with van der Waals surface area (Å²) < 4.78 is 0. The van der Waals surface area contributed by atoms with Crippen LogP contribution >= 0.6 is 11.8 Å². The smallest absolute Gasteiger partial charge is 0.255 e. The van der Waals surface area contributed by atoms with E-state index < -0.39 is 0 Å². The predicted octanol–water partition coefficient (Wildman–Crippen LogP) is 2.63. The zero-order valence-electron chi connectivity index (χ0n) is 14.3. The molecule has 0 atom stereocenters. The van der Waals surface area contributed by atoms with Crippen molar-refractivity contribution in [2.75, 3.05) is 18.8 Å². The molecule has 6 heteroatoms. The van der Waals surface area contributed by atoms with Crippen molar-refractivity contribution in [2.45, 2.75) is 32.3 Å². The van der Waals surface area contributed by atoms with Gasteiger partial charge in [0.15, 0.2) is 5.16 Å². The third-order valence-electron chi connectivity index (χ3n) is 3.87. The van der Waals surface area contributed by atoms with Crippen LogP contribution < -0.4 is 5.56 Å². The Morgan fingerprint density at radius 3 is 2.46 bits per heavy atom. The van der Waals surface area contributed by atoms with Crippen molar-refractivity contribution in [1.82, 2.24) is 14.9 Å². The van der Waals surface area contributed by atoms with Crippen molar-refractivity contribution < 1.29 is 4.79 Å². The zero-order valence-corrected chi connectivity index (χ0v) is 15.2. The number of carbonyl (C=O) groups excluding carboxylic acids is 1. The second kappa shape index (κ2) is 8.68. The maximum Gasteiger partial charge on any atom is 0.255 e. The lowest BCUT2D eigenvalue weighted by Gasteiger charge is -2.18. The van der Waals surface area contributed by atoms with Crippen LogP contribution in [0, 0.1) is 6.92 Å². The van der Waals surface area contributed by atoms with Crippen LogP contribution in [0.2, 0.25) is 0 Å². The van der Waals surface area contributed by atoms with Gasteiger partial charge in [0.05, 0.1) is 5.75 Å². The summed E-state index contributed by atoms with van der Waals surface area (Å²) in [6.45, 7) is 7.12. The van der Waals surface area contributed by atoms with E-state index in [1.54, 1.807) is 4.90 Å². The van der Waals surface area contributed by atoms with Gasteiger partial charge in [-0.3, -0.25) is 9.59 Å². The summed E-state index contributed by atoms with van der Waals surface area (Å²) in [7, 11) is 0. The van der Waals surface area contributed by atoms with Crippen molar-refractivity contribution in [3.63, 3.8) is 0 Å². The molecule has 0 aliphatic carbocycles. The lowest BCUT2D eigenvalue weighted by atomic mass is 10.1. The van der Waals surface area contributed by atoms with Crippen LogP contribution in [0.3, 0.4) is 0 Å². The van der Waals surface area contributed by atoms with E-state index in [2.05, 4.69) is 9.97 Å². The van der Waals surface area contributed by atoms with Crippen LogP contribution in [0.25, 0.3) is 0 Å². The third kappa shape index (κ3) is 4.71. The molecule has 0 unspecified atom stereocenters. The number of amides is 1. The van der Waals surface area contributed by atoms with Gasteiger partial charge in [-0.2, -0.15) is 0 Å². The monoisotopic (exact) mass is 345 g/mol. The van der Waals surface area contributed by atoms with Crippen molar-refractivity contribution in [1.29, 1.82) is 0 Å². The first-order valence-corrected chi connectivity index (χ1v) is 9.08. The van der Waals surface area contributed by atoms with Gasteiger partial charge in [0, 0.05) is 30.8 Å². The first-order chi connectivity index (χ1) is 11.5. The van der Waals surface area contributed by atoms with Gasteiger partial charge in [-0.25, -0.2) is 4.98 Å². The Labute approximate surface area is 146 Å². The number of aryl methyl sites for hydroxylation is 1. The van der Waals surface area contributed by atoms with Crippen LogP contribution in [0.4, 0.5) is 0 Å². The first-order valence-electron chi connectivity index (χ1n) is 8.09. The van der Waals surface area contributed by atoms with Crippen molar-refractivity contribution in [3.8, 4) is 0 Å². The minimum absolute atomic E-state index is 0.0543. The number of nitrogens with zero attached hydrogens (tertiary/aromatic N) is 2. The van der Waals surface area contributed by atoms with E-state index in [4.69, 9.17) is 0 Å². The molecule has 0 spiro atoms. The molecule has 2 aromatic rings. The molecule has 0 radical (unpaired) electrons. The summed E-state index contributed by atoms with van der Waals surface area (Å²) in [6.07, 6.45) is 0.554. The summed E-state index contributed by atoms with van der Waals surface area (Å²) in [5.41, 5.74) is 2.31. The number of aromatic amines is 1. The zero-order chi connectivity index (χ0) is 17.5. The van der Waals surface area contributed by atoms with E-state index >= 15 is 0 Å². The molecule has 0 bridgehead atoms. The highest BCUT2D eigenvalue weighted by atomic mass is 32.2. The number of rotatable bonds is 7. The maximum absolute atomic E-state index is 12.4. The van der Waals surface area contributed by atoms with Crippen molar-refractivity contribution in [3.05, 3.63) is 57.5 Å². The molecule has 0 aliphatic heterocycles. The summed E-state index contributed by atoms with van der Waals surface area (Å²) in [5, 5.41) is 0.495. The topological polar surface area (TPSA) is 66.1 Å². The summed E-state index contributed by atoms with van der Waals surface area (Å²) >= 11 is 1.27. The Bertz CT molecular complexity index is 740. The molecule has 1 amide bonds. The molecule has 0 saturated carbocycles. The molecular formula is C18H23N3O2S. The number of H-pyrrole nitrogens is 1. The molecule has 0 aliphatic rings. The number of aromatic nitrogens is 2. The normalized spacial score (nSPS) is 10.6. The van der Waals surface area contributed by atoms with E-state index in [1.165, 1.54) is 11.8 Å². The Kier molecular flexibility index (Phi) is 6.61. The highest BCUT2D eigenvalue weighted by molar-refractivity contribution is 7.99. The molecule has 24 heavy (non-hydrogen) atoms. The minimum atomic E-state index is -0.135. The van der Waals surface area contributed by atoms with Crippen LogP contribution in [-0.2, 0) is 11.2 Å². The number of nitrogens with one attached hydrogen (secondary N) is 1. The quantitative estimate of drug-likeness (QED) is 0.619. The predicted molar refractivity (Wildman–Crippen MR) is 97.5 cm³/mol. The molecule has 0 fully saturated rings. The van der Waals surface area contributed by atoms with E-state index in [0.717, 1.165) is 5.56 Å². The SMILES string of the molecule is CCN(CC)C(=O)CSc1nc(C)c(Cc2ccccc2)c(=O)[nH]1. The van der Waals surface area contributed by atoms with Crippen LogP contribution in [-0.4, -0.2) is 39.6 Å². The molecule has 5 nitrogen and oxygen atoms in total. The summed E-state index contributed by atoms with van der Waals surface area (Å²) in [6, 6.07) is 9.84. The van der Waals surface area contributed by atoms with E-state index in [0.29, 0.717) is 35.9 Å². The van der Waals surface area contributed by atoms with Crippen LogP contribution in [0.1, 0.15) is 30.7 Å². The molecular weight excluding hydrogens is 322 g/mol. The fourth-order valence-electron chi connectivity index (χ4n) is 2.46. The van der Waals surface area contributed by atoms with Gasteiger partial charge in [-0.05, 0) is 26.3 Å². The average molecular weight is 345 g/mol. The molecule has 1 N–H and O–H groups in total. The van der Waals surface area contributed by atoms with E-state index in [1.807, 2.05) is 51.1 Å². The lowest BCUT2D eigenvalue weighted by molar-refractivity contribution is -0.127. The van der Waals surface area contributed by atoms with Gasteiger partial charge in [0.2, 0.25) is 5.91 Å². The Hall–Kier alpha value is -2.08. The molecule has 1 heterocycles. The highest BCUT2D eigenvalue weighted by Crippen LogP contribution is 2.15. The Morgan fingerprint density at radius 1 is 1.21 bits per heavy atom. The van der Waals surface area contributed by atoms with Crippen LogP contribution in [0.15, 0.2) is 40.3 Å². The lowest BCUT2D eigenvalue weighted by Crippen LogP contribution is -2.32. The van der Waals surface area contributed by atoms with Gasteiger partial charge in [0.25, 0.3) is 5.56 Å². The molecule has 0 saturated heterocycles. The fraction of sp³-hybridized carbons (Fsp3) is 0.389. The Balaban J connectivity index is 2.09. The summed E-state index contributed by atoms with van der Waals surface area (Å²) in [5.74, 6) is 0.334. The largest absolute Gasteiger partial charge is 0.343 e. The number of carbonyl (C=O) groups is 1. The molecule has 1 aromatic heterocycles. The number of hydrogen-bond donors (Lipinski definition) is 1. The standard InChI is InChI=1S/C18H23N3O2S/c1-4-21(5-2)16(22)12-24-18-19-13(3)15(17(23)20-18)11-14-9-7-6-8-10-14/h6-10H,4-5,11-12H2,1-3H3,(H,19,20,23). The molecule has 2 rings (SSSR count). The fourth-order valence-corrected chi connectivity index (χ4v) is 3.27. The first kappa shape index (κ1) is 18.3. The molecule has 128 valence electrons. The number of hydrogen-bond acceptors (Lipinski definition) is 4. The van der Waals surface area contributed by atoms with Gasteiger partial charge >= 0.3 is 0 Å². The third-order valence-corrected chi connectivity index (χ3v) is 4.73. The van der Waals surface area contributed by atoms with Crippen molar-refractivity contribution in [2.24, 2.45) is 0 Å². The second-order valence-corrected chi connectivity index (χ2v) is 6.42. The Morgan fingerprint density at radius 2 is 1.88 bits per heavy atom. The number of benzene rings is 1. The van der Waals surface area contributed by atoms with Gasteiger partial charge in [-0.1, -0.05) is 42.1 Å². The van der Waals surface area contributed by atoms with E-state index in [9.17, 15) is 9.59 Å². The highest BCUT2D eigenvalue weighted by Gasteiger charge is 2.13. The summed E-state index contributed by atoms with van der Waals surface area (Å²) in [4.78, 5) is 33.4. The van der Waals surface area contributed by atoms with Gasteiger partial charge in [0.1, 0.15) is 0 Å². The van der Waals surface area contributed by atoms with Gasteiger partial charge in [-0.15, -0.1) is 0 Å². The van der Waals surface area contributed by atoms with Crippen molar-refractivity contribution >= 4 is 17.7 Å². The van der Waals surface area contributed by atoms with Gasteiger partial charge < -0.3 is 9.88 Å². The number of thioether (sulfide) groups is 1. The molecule has 1 aromatic carbocycles. The average Bonchev–Trinajstić information content (AvgIpc) is 2.58.